The van der Waals surface area contributed by atoms with Gasteiger partial charge >= 0.3 is 0 Å². The summed E-state index contributed by atoms with van der Waals surface area (Å²) in [6.45, 7) is 0.925. The van der Waals surface area contributed by atoms with E-state index in [1.165, 1.54) is 0 Å². The third kappa shape index (κ3) is 9.99. The van der Waals surface area contributed by atoms with Crippen molar-refractivity contribution in [2.24, 2.45) is 28.9 Å². The van der Waals surface area contributed by atoms with Crippen LogP contribution in [0.25, 0.3) is 0 Å². The van der Waals surface area contributed by atoms with Crippen LogP contribution in [0.4, 0.5) is 0 Å². The molecular formula is C31H59N5O16. The lowest BCUT2D eigenvalue weighted by Crippen LogP contribution is -2.64. The summed E-state index contributed by atoms with van der Waals surface area (Å²) in [6, 6.07) is -3.13. The second kappa shape index (κ2) is 19.6. The van der Waals surface area contributed by atoms with Gasteiger partial charge in [0.15, 0.2) is 24.7 Å². The van der Waals surface area contributed by atoms with E-state index in [-0.39, 0.29) is 45.5 Å². The van der Waals surface area contributed by atoms with Crippen molar-refractivity contribution >= 4 is 5.78 Å². The highest BCUT2D eigenvalue weighted by Crippen LogP contribution is 2.37. The number of aliphatic hydroxyl groups is 9. The zero-order chi connectivity index (χ0) is 38.4. The first-order chi connectivity index (χ1) is 24.7. The van der Waals surface area contributed by atoms with Gasteiger partial charge in [-0.1, -0.05) is 6.92 Å². The highest BCUT2D eigenvalue weighted by molar-refractivity contribution is 5.83. The van der Waals surface area contributed by atoms with E-state index >= 15 is 0 Å². The summed E-state index contributed by atoms with van der Waals surface area (Å²) >= 11 is 0. The van der Waals surface area contributed by atoms with Crippen LogP contribution in [0, 0.1) is 5.92 Å². The summed E-state index contributed by atoms with van der Waals surface area (Å²) in [5.74, 6) is -1.68. The molecule has 0 aromatic carbocycles. The summed E-state index contributed by atoms with van der Waals surface area (Å²) < 4.78 is 35.7. The van der Waals surface area contributed by atoms with E-state index in [0.29, 0.717) is 0 Å². The van der Waals surface area contributed by atoms with Crippen molar-refractivity contribution < 1.29 is 79.2 Å². The van der Waals surface area contributed by atoms with Gasteiger partial charge in [-0.25, -0.2) is 0 Å². The minimum Gasteiger partial charge on any atom is -0.395 e. The van der Waals surface area contributed by atoms with Gasteiger partial charge in [0.25, 0.3) is 0 Å². The van der Waals surface area contributed by atoms with E-state index in [2.05, 4.69) is 5.32 Å². The summed E-state index contributed by atoms with van der Waals surface area (Å²) in [7, 11) is 0. The van der Waals surface area contributed by atoms with E-state index < -0.39 is 141 Å². The Morgan fingerprint density at radius 3 is 2.06 bits per heavy atom. The Hall–Kier alpha value is -1.13. The van der Waals surface area contributed by atoms with Crippen LogP contribution in [0.15, 0.2) is 0 Å². The molecule has 0 aromatic rings. The second-order valence-corrected chi connectivity index (χ2v) is 14.0. The van der Waals surface area contributed by atoms with Crippen LogP contribution in [-0.4, -0.2) is 201 Å². The maximum Gasteiger partial charge on any atom is 0.187 e. The third-order valence-electron chi connectivity index (χ3n) is 10.3. The molecule has 4 fully saturated rings. The molecule has 3 aliphatic heterocycles. The molecule has 18 N–H and O–H groups in total. The Kier molecular flexibility index (Phi) is 16.5. The summed E-state index contributed by atoms with van der Waals surface area (Å²) in [5, 5.41) is 96.9. The topological polar surface area (TPSA) is 371 Å². The molecule has 20 atom stereocenters. The Balaban J connectivity index is 1.56. The maximum atomic E-state index is 12.9. The highest BCUT2D eigenvalue weighted by Gasteiger charge is 2.54. The lowest BCUT2D eigenvalue weighted by Gasteiger charge is -2.47. The van der Waals surface area contributed by atoms with Crippen LogP contribution in [0.2, 0.25) is 0 Å². The Morgan fingerprint density at radius 2 is 1.42 bits per heavy atom. The summed E-state index contributed by atoms with van der Waals surface area (Å²) in [6.07, 6.45) is -21.8. The molecule has 0 aromatic heterocycles. The van der Waals surface area contributed by atoms with Gasteiger partial charge in [-0.2, -0.15) is 0 Å². The normalized spacial score (nSPS) is 45.5. The molecule has 0 amide bonds. The first kappa shape index (κ1) is 43.6. The number of carbonyl (C=O) groups excluding carboxylic acids is 1. The summed E-state index contributed by atoms with van der Waals surface area (Å²) in [5.41, 5.74) is 24.6. The highest BCUT2D eigenvalue weighted by atomic mass is 16.8. The number of aliphatic hydroxyl groups excluding tert-OH is 9. The lowest BCUT2D eigenvalue weighted by molar-refractivity contribution is -0.299. The van der Waals surface area contributed by atoms with Gasteiger partial charge in [0.05, 0.1) is 49.7 Å². The van der Waals surface area contributed by atoms with Crippen molar-refractivity contribution in [3.8, 4) is 0 Å². The molecule has 304 valence electrons. The van der Waals surface area contributed by atoms with Crippen molar-refractivity contribution in [2.75, 3.05) is 32.8 Å². The van der Waals surface area contributed by atoms with Gasteiger partial charge in [0.1, 0.15) is 54.9 Å². The Bertz CT molecular complexity index is 1100. The largest absolute Gasteiger partial charge is 0.395 e. The monoisotopic (exact) mass is 757 g/mol. The van der Waals surface area contributed by atoms with Crippen LogP contribution in [0.1, 0.15) is 32.6 Å². The maximum absolute atomic E-state index is 12.9. The fourth-order valence-corrected chi connectivity index (χ4v) is 7.10. The van der Waals surface area contributed by atoms with E-state index in [0.717, 1.165) is 0 Å². The number of hydrogen-bond donors (Lipinski definition) is 14. The molecule has 0 bridgehead atoms. The molecule has 0 unspecified atom stereocenters. The molecule has 0 radical (unpaired) electrons. The Labute approximate surface area is 301 Å². The predicted octanol–water partition coefficient (Wildman–Crippen LogP) is -7.86. The number of nitrogens with one attached hydrogen (secondary N) is 1. The Morgan fingerprint density at radius 1 is 0.788 bits per heavy atom. The van der Waals surface area contributed by atoms with Crippen LogP contribution >= 0.6 is 0 Å². The van der Waals surface area contributed by atoms with E-state index in [1.807, 2.05) is 0 Å². The number of rotatable bonds is 17. The molecule has 52 heavy (non-hydrogen) atoms. The lowest BCUT2D eigenvalue weighted by atomic mass is 9.76. The van der Waals surface area contributed by atoms with E-state index in [4.69, 9.17) is 56.5 Å². The van der Waals surface area contributed by atoms with Gasteiger partial charge in [0, 0.05) is 32.1 Å². The number of ether oxygens (including phenoxy) is 6. The predicted molar refractivity (Wildman–Crippen MR) is 175 cm³/mol. The first-order valence-electron chi connectivity index (χ1n) is 17.8. The standard InChI is InChI=1S/C31H59N5O16/c1-2-14(39)22(43)16(41)6-11-5-12(33)26(50-29-13(34)7-15(40)18(48-29)9-36-3-4-37)28(21(11)42)52-31-25(46)27(19(10-38)49-31)51-30-20(35)24(45)23(44)17(8-32)47-30/h11-15,17-31,36-40,42-46H,2-10,32-35H2,1H3/t11-,12-,13+,14+,15-,17-,18+,19+,20+,21-,22-,23+,24+,25+,26+,27+,28+,29+,30+,31-/m0/s1. The second-order valence-electron chi connectivity index (χ2n) is 14.0. The minimum atomic E-state index is -1.71. The van der Waals surface area contributed by atoms with E-state index in [9.17, 15) is 45.6 Å². The summed E-state index contributed by atoms with van der Waals surface area (Å²) in [4.78, 5) is 12.9. The van der Waals surface area contributed by atoms with Crippen molar-refractivity contribution in [3.63, 3.8) is 0 Å². The molecule has 21 heteroatoms. The minimum absolute atomic E-state index is 0.0229. The van der Waals surface area contributed by atoms with Crippen LogP contribution in [-0.2, 0) is 33.2 Å². The average Bonchev–Trinajstić information content (AvgIpc) is 3.42. The molecule has 21 nitrogen and oxygen atoms in total. The molecule has 0 spiro atoms. The van der Waals surface area contributed by atoms with Crippen LogP contribution in [0.3, 0.4) is 0 Å². The zero-order valence-electron chi connectivity index (χ0n) is 29.1. The molecule has 3 heterocycles. The van der Waals surface area contributed by atoms with Crippen molar-refractivity contribution in [1.82, 2.24) is 5.32 Å². The number of hydrogen-bond acceptors (Lipinski definition) is 21. The SMILES string of the molecule is CC[C@@H](O)[C@H](O)C(=O)C[C@@H]1C[C@H](N)[C@@H](O[C@H]2O[C@H](CNCCO)[C@@H](O)C[C@H]2N)[C@H](O[C@@H]2O[C@H](CO)[C@@H](O[C@H]3O[C@@H](CN)[C@@H](O)[C@H](O)[C@H]3N)[C@H]2O)[C@H]1O. The third-order valence-corrected chi connectivity index (χ3v) is 10.3. The zero-order valence-corrected chi connectivity index (χ0v) is 29.1. The smallest absolute Gasteiger partial charge is 0.187 e. The van der Waals surface area contributed by atoms with Gasteiger partial charge < -0.3 is 103 Å². The van der Waals surface area contributed by atoms with E-state index in [1.54, 1.807) is 6.92 Å². The van der Waals surface area contributed by atoms with Crippen LogP contribution in [0.5, 0.6) is 0 Å². The van der Waals surface area contributed by atoms with Gasteiger partial charge in [-0.15, -0.1) is 0 Å². The molecule has 4 rings (SSSR count). The molecular weight excluding hydrogens is 698 g/mol. The van der Waals surface area contributed by atoms with Crippen LogP contribution < -0.4 is 28.3 Å². The van der Waals surface area contributed by atoms with Gasteiger partial charge in [0.2, 0.25) is 0 Å². The van der Waals surface area contributed by atoms with Crippen molar-refractivity contribution in [2.45, 2.75) is 149 Å². The molecule has 1 aliphatic carbocycles. The number of Topliss-reactive ketones (excluding diaryl/α,β-unsaturated/α-hetero) is 1. The fourth-order valence-electron chi connectivity index (χ4n) is 7.10. The quantitative estimate of drug-likeness (QED) is 0.0613. The van der Waals surface area contributed by atoms with Crippen molar-refractivity contribution in [3.05, 3.63) is 0 Å². The first-order valence-corrected chi connectivity index (χ1v) is 17.8. The van der Waals surface area contributed by atoms with Crippen molar-refractivity contribution in [1.29, 1.82) is 0 Å². The molecule has 1 saturated carbocycles. The fraction of sp³-hybridized carbons (Fsp3) is 0.968. The number of nitrogens with two attached hydrogens (primary N) is 4. The molecule has 4 aliphatic rings. The van der Waals surface area contributed by atoms with Gasteiger partial charge in [-0.3, -0.25) is 4.79 Å². The number of ketones is 1. The van der Waals surface area contributed by atoms with Gasteiger partial charge in [-0.05, 0) is 25.2 Å². The molecule has 3 saturated heterocycles. The number of carbonyl (C=O) groups is 1. The average molecular weight is 758 g/mol.